The van der Waals surface area contributed by atoms with E-state index in [1.165, 1.54) is 37.7 Å². The average Bonchev–Trinajstić information content (AvgIpc) is 2.91. The summed E-state index contributed by atoms with van der Waals surface area (Å²) in [5, 5.41) is 10.8. The highest BCUT2D eigenvalue weighted by molar-refractivity contribution is 5.25. The van der Waals surface area contributed by atoms with Crippen LogP contribution in [0, 0.1) is 35.0 Å². The lowest BCUT2D eigenvalue weighted by molar-refractivity contribution is 0.0655. The maximum atomic E-state index is 10.8. The first-order chi connectivity index (χ1) is 9.83. The molecule has 0 aromatic rings. The maximum absolute atomic E-state index is 10.8. The molecule has 0 saturated heterocycles. The van der Waals surface area contributed by atoms with Crippen LogP contribution in [0.25, 0.3) is 0 Å². The van der Waals surface area contributed by atoms with Crippen molar-refractivity contribution in [3.8, 4) is 0 Å². The number of rotatable bonds is 1. The second-order valence-corrected chi connectivity index (χ2v) is 8.99. The van der Waals surface area contributed by atoms with Gasteiger partial charge in [0.1, 0.15) is 0 Å². The fourth-order valence-corrected chi connectivity index (χ4v) is 5.97. The minimum Gasteiger partial charge on any atom is -0.389 e. The molecule has 6 atom stereocenters. The van der Waals surface area contributed by atoms with Crippen LogP contribution in [-0.4, -0.2) is 11.2 Å². The quantitative estimate of drug-likeness (QED) is 0.659. The van der Waals surface area contributed by atoms with Crippen molar-refractivity contribution >= 4 is 0 Å². The molecule has 1 heteroatoms. The fourth-order valence-electron chi connectivity index (χ4n) is 5.97. The van der Waals surface area contributed by atoms with Crippen LogP contribution in [0.3, 0.4) is 0 Å². The first-order valence-electron chi connectivity index (χ1n) is 9.21. The van der Waals surface area contributed by atoms with Crippen molar-refractivity contribution in [1.29, 1.82) is 0 Å². The topological polar surface area (TPSA) is 20.2 Å². The highest BCUT2D eigenvalue weighted by Crippen LogP contribution is 2.59. The van der Waals surface area contributed by atoms with Gasteiger partial charge >= 0.3 is 0 Å². The summed E-state index contributed by atoms with van der Waals surface area (Å²) < 4.78 is 0. The van der Waals surface area contributed by atoms with E-state index in [4.69, 9.17) is 0 Å². The van der Waals surface area contributed by atoms with E-state index in [2.05, 4.69) is 34.6 Å². The van der Waals surface area contributed by atoms with E-state index < -0.39 is 0 Å². The Bertz CT molecular complexity index is 435. The Balaban J connectivity index is 1.97. The summed E-state index contributed by atoms with van der Waals surface area (Å²) >= 11 is 0. The molecular formula is C20H34O. The van der Waals surface area contributed by atoms with Gasteiger partial charge in [-0.15, -0.1) is 0 Å². The molecule has 0 bridgehead atoms. The van der Waals surface area contributed by atoms with E-state index in [0.29, 0.717) is 5.41 Å². The Morgan fingerprint density at radius 1 is 1.24 bits per heavy atom. The van der Waals surface area contributed by atoms with E-state index in [0.717, 1.165) is 36.0 Å². The third kappa shape index (κ3) is 2.50. The van der Waals surface area contributed by atoms with Gasteiger partial charge in [-0.2, -0.15) is 0 Å². The predicted molar refractivity (Wildman–Crippen MR) is 89.0 cm³/mol. The van der Waals surface area contributed by atoms with E-state index in [-0.39, 0.29) is 6.10 Å². The summed E-state index contributed by atoms with van der Waals surface area (Å²) in [6.07, 6.45) is 7.53. The van der Waals surface area contributed by atoms with Crippen molar-refractivity contribution in [2.45, 2.75) is 79.2 Å². The van der Waals surface area contributed by atoms with Gasteiger partial charge in [0, 0.05) is 0 Å². The van der Waals surface area contributed by atoms with Crippen molar-refractivity contribution in [1.82, 2.24) is 0 Å². The molecule has 3 rings (SSSR count). The van der Waals surface area contributed by atoms with Gasteiger partial charge in [0.25, 0.3) is 0 Å². The molecule has 0 amide bonds. The summed E-state index contributed by atoms with van der Waals surface area (Å²) in [5.74, 6) is 3.86. The number of hydrogen-bond donors (Lipinski definition) is 1. The third-order valence-corrected chi connectivity index (χ3v) is 7.49. The summed E-state index contributed by atoms with van der Waals surface area (Å²) in [6.45, 7) is 12.0. The second kappa shape index (κ2) is 5.41. The standard InChI is InChI=1S/C20H34O/c1-12(2)15-8-9-20(5)11-17-13(3)6-7-16(17)14(4)19(21)10-18(15)20/h12-13,15,17-19,21H,6-11H2,1-5H3. The van der Waals surface area contributed by atoms with Gasteiger partial charge in [-0.1, -0.05) is 33.3 Å². The Kier molecular flexibility index (Phi) is 4.01. The molecule has 0 heterocycles. The van der Waals surface area contributed by atoms with Gasteiger partial charge in [0.15, 0.2) is 0 Å². The van der Waals surface area contributed by atoms with Crippen molar-refractivity contribution < 1.29 is 5.11 Å². The van der Waals surface area contributed by atoms with Gasteiger partial charge in [-0.3, -0.25) is 0 Å². The van der Waals surface area contributed by atoms with E-state index >= 15 is 0 Å². The number of aliphatic hydroxyl groups excluding tert-OH is 1. The summed E-state index contributed by atoms with van der Waals surface area (Å²) in [4.78, 5) is 0. The minimum atomic E-state index is -0.184. The molecular weight excluding hydrogens is 256 g/mol. The normalized spacial score (nSPS) is 47.3. The zero-order valence-electron chi connectivity index (χ0n) is 14.7. The largest absolute Gasteiger partial charge is 0.389 e. The first kappa shape index (κ1) is 15.6. The molecule has 0 spiro atoms. The Morgan fingerprint density at radius 2 is 1.95 bits per heavy atom. The van der Waals surface area contributed by atoms with Crippen LogP contribution in [-0.2, 0) is 0 Å². The van der Waals surface area contributed by atoms with Crippen molar-refractivity contribution in [3.05, 3.63) is 11.1 Å². The van der Waals surface area contributed by atoms with Gasteiger partial charge in [-0.25, -0.2) is 0 Å². The van der Waals surface area contributed by atoms with E-state index in [1.807, 2.05) is 0 Å². The average molecular weight is 290 g/mol. The smallest absolute Gasteiger partial charge is 0.0753 e. The molecule has 6 unspecified atom stereocenters. The van der Waals surface area contributed by atoms with Crippen LogP contribution in [0.1, 0.15) is 73.1 Å². The summed E-state index contributed by atoms with van der Waals surface area (Å²) in [7, 11) is 0. The zero-order valence-corrected chi connectivity index (χ0v) is 14.7. The Labute approximate surface area is 131 Å². The predicted octanol–water partition coefficient (Wildman–Crippen LogP) is 5.19. The molecule has 2 fully saturated rings. The molecule has 21 heavy (non-hydrogen) atoms. The number of aliphatic hydroxyl groups is 1. The molecule has 1 nitrogen and oxygen atoms in total. The molecule has 2 saturated carbocycles. The van der Waals surface area contributed by atoms with Crippen molar-refractivity contribution in [3.63, 3.8) is 0 Å². The number of fused-ring (bicyclic) bond motifs is 2. The fraction of sp³-hybridized carbons (Fsp3) is 0.900. The van der Waals surface area contributed by atoms with Crippen LogP contribution in [0.4, 0.5) is 0 Å². The number of hydrogen-bond acceptors (Lipinski definition) is 1. The molecule has 3 aliphatic carbocycles. The van der Waals surface area contributed by atoms with Gasteiger partial charge in [0.05, 0.1) is 6.10 Å². The summed E-state index contributed by atoms with van der Waals surface area (Å²) in [6, 6.07) is 0. The van der Waals surface area contributed by atoms with Crippen LogP contribution >= 0.6 is 0 Å². The van der Waals surface area contributed by atoms with Gasteiger partial charge in [-0.05, 0) is 86.0 Å². The molecule has 1 N–H and O–H groups in total. The lowest BCUT2D eigenvalue weighted by atomic mass is 9.64. The van der Waals surface area contributed by atoms with Crippen LogP contribution in [0.5, 0.6) is 0 Å². The third-order valence-electron chi connectivity index (χ3n) is 7.49. The first-order valence-corrected chi connectivity index (χ1v) is 9.21. The lowest BCUT2D eigenvalue weighted by Gasteiger charge is -2.42. The maximum Gasteiger partial charge on any atom is 0.0753 e. The monoisotopic (exact) mass is 290 g/mol. The lowest BCUT2D eigenvalue weighted by Crippen LogP contribution is -2.36. The highest BCUT2D eigenvalue weighted by Gasteiger charge is 2.50. The highest BCUT2D eigenvalue weighted by atomic mass is 16.3. The molecule has 3 aliphatic rings. The molecule has 120 valence electrons. The molecule has 0 aromatic carbocycles. The Hall–Kier alpha value is -0.300. The molecule has 0 radical (unpaired) electrons. The van der Waals surface area contributed by atoms with Crippen LogP contribution in [0.2, 0.25) is 0 Å². The van der Waals surface area contributed by atoms with Crippen LogP contribution in [0.15, 0.2) is 11.1 Å². The van der Waals surface area contributed by atoms with Gasteiger partial charge in [0.2, 0.25) is 0 Å². The van der Waals surface area contributed by atoms with Crippen molar-refractivity contribution in [2.24, 2.45) is 35.0 Å². The van der Waals surface area contributed by atoms with Gasteiger partial charge < -0.3 is 5.11 Å². The SMILES string of the molecule is CC1=C2CCC(C)C2CC2(C)CCC(C(C)C)C2CC1O. The molecule has 0 aliphatic heterocycles. The van der Waals surface area contributed by atoms with E-state index in [1.54, 1.807) is 5.57 Å². The zero-order chi connectivity index (χ0) is 15.4. The van der Waals surface area contributed by atoms with E-state index in [9.17, 15) is 5.11 Å². The van der Waals surface area contributed by atoms with Crippen molar-refractivity contribution in [2.75, 3.05) is 0 Å². The van der Waals surface area contributed by atoms with Crippen LogP contribution < -0.4 is 0 Å². The Morgan fingerprint density at radius 3 is 2.62 bits per heavy atom. The number of allylic oxidation sites excluding steroid dienone is 1. The minimum absolute atomic E-state index is 0.184. The summed E-state index contributed by atoms with van der Waals surface area (Å²) in [5.41, 5.74) is 3.42. The second-order valence-electron chi connectivity index (χ2n) is 8.99. The molecule has 0 aromatic heterocycles.